The number of aryl methyl sites for hydroxylation is 1. The second-order valence-electron chi connectivity index (χ2n) is 4.80. The Bertz CT molecular complexity index is 684. The van der Waals surface area contributed by atoms with Crippen molar-refractivity contribution >= 4 is 11.7 Å². The molecule has 0 bridgehead atoms. The maximum Gasteiger partial charge on any atom is 0.229 e. The van der Waals surface area contributed by atoms with Crippen molar-refractivity contribution in [1.29, 1.82) is 0 Å². The van der Waals surface area contributed by atoms with Crippen molar-refractivity contribution < 1.29 is 4.79 Å². The molecule has 1 unspecified atom stereocenters. The van der Waals surface area contributed by atoms with Gasteiger partial charge in [-0.3, -0.25) is 19.4 Å². The minimum atomic E-state index is -0.0179. The first-order chi connectivity index (χ1) is 9.69. The lowest BCUT2D eigenvalue weighted by molar-refractivity contribution is -0.117. The highest BCUT2D eigenvalue weighted by Gasteiger charge is 2.31. The van der Waals surface area contributed by atoms with E-state index in [9.17, 15) is 4.79 Å². The predicted octanol–water partition coefficient (Wildman–Crippen LogP) is 1.47. The Balaban J connectivity index is 1.95. The van der Waals surface area contributed by atoms with Gasteiger partial charge in [0.1, 0.15) is 11.5 Å². The molecule has 1 saturated heterocycles. The quantitative estimate of drug-likeness (QED) is 0.773. The van der Waals surface area contributed by atoms with Crippen molar-refractivity contribution in [3.8, 4) is 23.7 Å². The lowest BCUT2D eigenvalue weighted by Crippen LogP contribution is -2.26. The highest BCUT2D eigenvalue weighted by atomic mass is 16.2. The van der Waals surface area contributed by atoms with Crippen LogP contribution in [0, 0.1) is 18.3 Å². The Kier molecular flexibility index (Phi) is 2.99. The second-order valence-corrected chi connectivity index (χ2v) is 4.80. The zero-order chi connectivity index (χ0) is 14.1. The molecule has 0 N–H and O–H groups in total. The summed E-state index contributed by atoms with van der Waals surface area (Å²) < 4.78 is 1.70. The molecule has 0 aliphatic carbocycles. The Labute approximate surface area is 117 Å². The summed E-state index contributed by atoms with van der Waals surface area (Å²) in [4.78, 5) is 18.0. The van der Waals surface area contributed by atoms with Gasteiger partial charge in [0.25, 0.3) is 0 Å². The van der Waals surface area contributed by atoms with Gasteiger partial charge in [0.15, 0.2) is 0 Å². The third-order valence-corrected chi connectivity index (χ3v) is 3.42. The molecule has 3 rings (SSSR count). The normalized spacial score (nSPS) is 18.3. The van der Waals surface area contributed by atoms with E-state index in [1.54, 1.807) is 15.8 Å². The third-order valence-electron chi connectivity index (χ3n) is 3.42. The van der Waals surface area contributed by atoms with E-state index in [2.05, 4.69) is 16.0 Å². The van der Waals surface area contributed by atoms with Gasteiger partial charge in [0.2, 0.25) is 5.91 Å². The van der Waals surface area contributed by atoms with E-state index >= 15 is 0 Å². The van der Waals surface area contributed by atoms with Gasteiger partial charge in [-0.1, -0.05) is 6.07 Å². The van der Waals surface area contributed by atoms with Gasteiger partial charge in [-0.25, -0.2) is 0 Å². The summed E-state index contributed by atoms with van der Waals surface area (Å²) in [6.45, 7) is 0.552. The fourth-order valence-corrected chi connectivity index (χ4v) is 2.39. The van der Waals surface area contributed by atoms with E-state index < -0.39 is 0 Å². The first-order valence-corrected chi connectivity index (χ1v) is 6.41. The van der Waals surface area contributed by atoms with Crippen LogP contribution in [-0.2, 0) is 11.8 Å². The summed E-state index contributed by atoms with van der Waals surface area (Å²) in [5.74, 6) is 3.43. The summed E-state index contributed by atoms with van der Waals surface area (Å²) in [5.41, 5.74) is 1.54. The molecule has 5 nitrogen and oxygen atoms in total. The monoisotopic (exact) mass is 266 g/mol. The number of nitrogens with zero attached hydrogens (tertiary/aromatic N) is 4. The molecule has 0 radical (unpaired) electrons. The van der Waals surface area contributed by atoms with Crippen molar-refractivity contribution in [1.82, 2.24) is 14.8 Å². The number of anilines is 1. The Morgan fingerprint density at radius 2 is 2.25 bits per heavy atom. The molecule has 3 heterocycles. The van der Waals surface area contributed by atoms with Crippen LogP contribution in [0.25, 0.3) is 11.4 Å². The molecule has 2 aromatic rings. The van der Waals surface area contributed by atoms with Crippen LogP contribution in [0.5, 0.6) is 0 Å². The zero-order valence-corrected chi connectivity index (χ0v) is 11.2. The predicted molar refractivity (Wildman–Crippen MR) is 75.7 cm³/mol. The van der Waals surface area contributed by atoms with Crippen LogP contribution < -0.4 is 4.90 Å². The van der Waals surface area contributed by atoms with Crippen LogP contribution in [0.3, 0.4) is 0 Å². The molecule has 1 aliphatic rings. The number of hydrogen-bond acceptors (Lipinski definition) is 3. The van der Waals surface area contributed by atoms with E-state index in [1.165, 1.54) is 0 Å². The topological polar surface area (TPSA) is 51.0 Å². The van der Waals surface area contributed by atoms with Crippen LogP contribution in [0.15, 0.2) is 30.5 Å². The summed E-state index contributed by atoms with van der Waals surface area (Å²) in [6, 6.07) is 7.53. The summed E-state index contributed by atoms with van der Waals surface area (Å²) >= 11 is 0. The zero-order valence-electron chi connectivity index (χ0n) is 11.2. The molecule has 1 fully saturated rings. The molecule has 100 valence electrons. The molecule has 1 amide bonds. The summed E-state index contributed by atoms with van der Waals surface area (Å²) in [6.07, 6.45) is 7.53. The maximum absolute atomic E-state index is 12.0. The Morgan fingerprint density at radius 3 is 2.90 bits per heavy atom. The largest absolute Gasteiger partial charge is 0.296 e. The molecule has 5 heteroatoms. The standard InChI is InChI=1S/C15H14N4O/c1-3-11-8-15(20)19(10-11)14-9-13(17-18(14)2)12-6-4-5-7-16-12/h1,4-7,9,11H,8,10H2,2H3. The Hall–Kier alpha value is -2.61. The smallest absolute Gasteiger partial charge is 0.229 e. The molecule has 20 heavy (non-hydrogen) atoms. The van der Waals surface area contributed by atoms with Crippen LogP contribution in [-0.4, -0.2) is 27.2 Å². The summed E-state index contributed by atoms with van der Waals surface area (Å²) in [7, 11) is 1.82. The minimum Gasteiger partial charge on any atom is -0.296 e. The number of aromatic nitrogens is 3. The van der Waals surface area contributed by atoms with Crippen LogP contribution in [0.1, 0.15) is 6.42 Å². The van der Waals surface area contributed by atoms with E-state index in [0.29, 0.717) is 13.0 Å². The number of terminal acetylenes is 1. The lowest BCUT2D eigenvalue weighted by Gasteiger charge is -2.15. The number of rotatable bonds is 2. The fourth-order valence-electron chi connectivity index (χ4n) is 2.39. The highest BCUT2D eigenvalue weighted by molar-refractivity contribution is 5.95. The van der Waals surface area contributed by atoms with E-state index in [-0.39, 0.29) is 11.8 Å². The van der Waals surface area contributed by atoms with Gasteiger partial charge in [0, 0.05) is 38.2 Å². The van der Waals surface area contributed by atoms with Crippen LogP contribution in [0.2, 0.25) is 0 Å². The van der Waals surface area contributed by atoms with Crippen molar-refractivity contribution in [2.24, 2.45) is 13.0 Å². The first kappa shape index (κ1) is 12.4. The molecule has 0 spiro atoms. The van der Waals surface area contributed by atoms with Gasteiger partial charge in [-0.05, 0) is 12.1 Å². The molecule has 0 aromatic carbocycles. The van der Waals surface area contributed by atoms with E-state index in [1.807, 2.05) is 31.3 Å². The number of carbonyl (C=O) groups is 1. The van der Waals surface area contributed by atoms with Gasteiger partial charge in [-0.15, -0.1) is 12.3 Å². The van der Waals surface area contributed by atoms with Gasteiger partial charge >= 0.3 is 0 Å². The highest BCUT2D eigenvalue weighted by Crippen LogP contribution is 2.27. The van der Waals surface area contributed by atoms with E-state index in [0.717, 1.165) is 17.2 Å². The average Bonchev–Trinajstić information content (AvgIpc) is 3.02. The molecule has 1 atom stereocenters. The first-order valence-electron chi connectivity index (χ1n) is 6.41. The lowest BCUT2D eigenvalue weighted by atomic mass is 10.1. The molecule has 2 aromatic heterocycles. The molecule has 0 saturated carbocycles. The number of hydrogen-bond donors (Lipinski definition) is 0. The van der Waals surface area contributed by atoms with Crippen molar-refractivity contribution in [2.45, 2.75) is 6.42 Å². The average molecular weight is 266 g/mol. The molecule has 1 aliphatic heterocycles. The molecular formula is C15H14N4O. The summed E-state index contributed by atoms with van der Waals surface area (Å²) in [5, 5.41) is 4.42. The second kappa shape index (κ2) is 4.82. The van der Waals surface area contributed by atoms with Gasteiger partial charge in [0.05, 0.1) is 5.69 Å². The van der Waals surface area contributed by atoms with Gasteiger partial charge < -0.3 is 0 Å². The number of pyridine rings is 1. The number of carbonyl (C=O) groups excluding carboxylic acids is 1. The van der Waals surface area contributed by atoms with Crippen molar-refractivity contribution in [3.05, 3.63) is 30.5 Å². The minimum absolute atomic E-state index is 0.0179. The maximum atomic E-state index is 12.0. The van der Waals surface area contributed by atoms with Crippen LogP contribution in [0.4, 0.5) is 5.82 Å². The van der Waals surface area contributed by atoms with Crippen LogP contribution >= 0.6 is 0 Å². The third kappa shape index (κ3) is 2.05. The Morgan fingerprint density at radius 1 is 1.40 bits per heavy atom. The molecular weight excluding hydrogens is 252 g/mol. The van der Waals surface area contributed by atoms with Crippen molar-refractivity contribution in [3.63, 3.8) is 0 Å². The van der Waals surface area contributed by atoms with E-state index in [4.69, 9.17) is 6.42 Å². The number of amides is 1. The fraction of sp³-hybridized carbons (Fsp3) is 0.267. The SMILES string of the molecule is C#CC1CC(=O)N(c2cc(-c3ccccn3)nn2C)C1. The van der Waals surface area contributed by atoms with Crippen molar-refractivity contribution in [2.75, 3.05) is 11.4 Å². The van der Waals surface area contributed by atoms with Gasteiger partial charge in [-0.2, -0.15) is 5.10 Å².